The van der Waals surface area contributed by atoms with E-state index in [4.69, 9.17) is 0 Å². The van der Waals surface area contributed by atoms with Crippen LogP contribution in [0.15, 0.2) is 18.7 Å². The van der Waals surface area contributed by atoms with Crippen LogP contribution in [0.25, 0.3) is 5.65 Å². The molecule has 2 aromatic rings. The molecule has 2 unspecified atom stereocenters. The van der Waals surface area contributed by atoms with Crippen LogP contribution in [0, 0.1) is 0 Å². The predicted molar refractivity (Wildman–Crippen MR) is 65.1 cm³/mol. The number of anilines is 1. The molecule has 90 valence electrons. The van der Waals surface area contributed by atoms with Crippen molar-refractivity contribution in [3.63, 3.8) is 0 Å². The Bertz CT molecular complexity index is 521. The fourth-order valence-corrected chi connectivity index (χ4v) is 2.26. The van der Waals surface area contributed by atoms with Crippen molar-refractivity contribution in [2.75, 3.05) is 18.0 Å². The summed E-state index contributed by atoms with van der Waals surface area (Å²) in [7, 11) is 0. The lowest BCUT2D eigenvalue weighted by molar-refractivity contribution is 0.423. The Hall–Kier alpha value is -1.69. The molecule has 6 nitrogen and oxygen atoms in total. The molecule has 2 aromatic heterocycles. The van der Waals surface area contributed by atoms with Gasteiger partial charge in [-0.1, -0.05) is 0 Å². The molecule has 1 aliphatic rings. The SMILES string of the molecule is CC1CN(c2nccn3cnnc23)C(C)CN1. The first-order valence-corrected chi connectivity index (χ1v) is 5.90. The van der Waals surface area contributed by atoms with Gasteiger partial charge < -0.3 is 10.2 Å². The van der Waals surface area contributed by atoms with Gasteiger partial charge in [-0.05, 0) is 13.8 Å². The van der Waals surface area contributed by atoms with Crippen LogP contribution in [0.2, 0.25) is 0 Å². The van der Waals surface area contributed by atoms with Crippen molar-refractivity contribution < 1.29 is 0 Å². The highest BCUT2D eigenvalue weighted by Crippen LogP contribution is 2.20. The van der Waals surface area contributed by atoms with E-state index in [1.54, 1.807) is 12.5 Å². The molecule has 0 amide bonds. The number of aromatic nitrogens is 4. The van der Waals surface area contributed by atoms with E-state index >= 15 is 0 Å². The molecule has 1 aliphatic heterocycles. The Morgan fingerprint density at radius 3 is 3.18 bits per heavy atom. The largest absolute Gasteiger partial charge is 0.348 e. The van der Waals surface area contributed by atoms with Gasteiger partial charge in [0.2, 0.25) is 5.65 Å². The Morgan fingerprint density at radius 1 is 1.41 bits per heavy atom. The van der Waals surface area contributed by atoms with E-state index in [1.807, 2.05) is 10.6 Å². The van der Waals surface area contributed by atoms with Gasteiger partial charge in [0.1, 0.15) is 6.33 Å². The zero-order valence-corrected chi connectivity index (χ0v) is 10.0. The highest BCUT2D eigenvalue weighted by Gasteiger charge is 2.25. The van der Waals surface area contributed by atoms with Crippen LogP contribution >= 0.6 is 0 Å². The standard InChI is InChI=1S/C11H16N6/c1-8-6-17(9(2)5-13-8)10-11-15-14-7-16(11)4-3-12-10/h3-4,7-9,13H,5-6H2,1-2H3. The van der Waals surface area contributed by atoms with Gasteiger partial charge in [0.05, 0.1) is 0 Å². The molecular weight excluding hydrogens is 216 g/mol. The molecule has 0 saturated carbocycles. The summed E-state index contributed by atoms with van der Waals surface area (Å²) in [4.78, 5) is 6.76. The summed E-state index contributed by atoms with van der Waals surface area (Å²) >= 11 is 0. The fourth-order valence-electron chi connectivity index (χ4n) is 2.26. The van der Waals surface area contributed by atoms with Crippen LogP contribution in [0.3, 0.4) is 0 Å². The average molecular weight is 232 g/mol. The highest BCUT2D eigenvalue weighted by molar-refractivity contribution is 5.64. The van der Waals surface area contributed by atoms with Crippen molar-refractivity contribution in [3.05, 3.63) is 18.7 Å². The Kier molecular flexibility index (Phi) is 2.44. The third kappa shape index (κ3) is 1.74. The number of hydrogen-bond donors (Lipinski definition) is 1. The normalized spacial score (nSPS) is 25.4. The zero-order valence-electron chi connectivity index (χ0n) is 10.0. The maximum atomic E-state index is 4.46. The van der Waals surface area contributed by atoms with Crippen LogP contribution in [0.4, 0.5) is 5.82 Å². The minimum absolute atomic E-state index is 0.418. The number of rotatable bonds is 1. The monoisotopic (exact) mass is 232 g/mol. The molecule has 0 aliphatic carbocycles. The summed E-state index contributed by atoms with van der Waals surface area (Å²) in [6, 6.07) is 0.887. The minimum Gasteiger partial charge on any atom is -0.348 e. The predicted octanol–water partition coefficient (Wildman–Crippen LogP) is 0.311. The van der Waals surface area contributed by atoms with Gasteiger partial charge in [-0.15, -0.1) is 10.2 Å². The molecule has 6 heteroatoms. The maximum absolute atomic E-state index is 4.46. The summed E-state index contributed by atoms with van der Waals surface area (Å²) < 4.78 is 1.90. The van der Waals surface area contributed by atoms with Gasteiger partial charge in [-0.3, -0.25) is 4.40 Å². The Labute approximate surface area is 99.7 Å². The molecule has 17 heavy (non-hydrogen) atoms. The van der Waals surface area contributed by atoms with Gasteiger partial charge in [-0.2, -0.15) is 0 Å². The van der Waals surface area contributed by atoms with Crippen molar-refractivity contribution >= 4 is 11.5 Å². The first-order valence-electron chi connectivity index (χ1n) is 5.90. The second kappa shape index (κ2) is 3.96. The molecule has 1 saturated heterocycles. The average Bonchev–Trinajstić information content (AvgIpc) is 2.80. The molecule has 1 N–H and O–H groups in total. The molecule has 3 heterocycles. The van der Waals surface area contributed by atoms with E-state index in [0.717, 1.165) is 24.6 Å². The smallest absolute Gasteiger partial charge is 0.203 e. The van der Waals surface area contributed by atoms with E-state index in [1.165, 1.54) is 0 Å². The first-order chi connectivity index (χ1) is 8.25. The van der Waals surface area contributed by atoms with Crippen LogP contribution in [-0.4, -0.2) is 44.8 Å². The van der Waals surface area contributed by atoms with E-state index < -0.39 is 0 Å². The van der Waals surface area contributed by atoms with E-state index in [9.17, 15) is 0 Å². The summed E-state index contributed by atoms with van der Waals surface area (Å²) in [6.07, 6.45) is 5.37. The van der Waals surface area contributed by atoms with Gasteiger partial charge in [0, 0.05) is 37.6 Å². The first kappa shape index (κ1) is 10.5. The van der Waals surface area contributed by atoms with E-state index in [-0.39, 0.29) is 0 Å². The van der Waals surface area contributed by atoms with Crippen molar-refractivity contribution in [3.8, 4) is 0 Å². The fraction of sp³-hybridized carbons (Fsp3) is 0.545. The number of fused-ring (bicyclic) bond motifs is 1. The lowest BCUT2D eigenvalue weighted by atomic mass is 10.1. The summed E-state index contributed by atoms with van der Waals surface area (Å²) in [5.74, 6) is 0.922. The lowest BCUT2D eigenvalue weighted by Gasteiger charge is -2.38. The van der Waals surface area contributed by atoms with Crippen LogP contribution in [-0.2, 0) is 0 Å². The molecular formula is C11H16N6. The molecule has 0 bridgehead atoms. The molecule has 2 atom stereocenters. The third-order valence-corrected chi connectivity index (χ3v) is 3.23. The second-order valence-corrected chi connectivity index (χ2v) is 4.62. The second-order valence-electron chi connectivity index (χ2n) is 4.62. The summed E-state index contributed by atoms with van der Waals surface area (Å²) in [6.45, 7) is 6.29. The van der Waals surface area contributed by atoms with Crippen LogP contribution < -0.4 is 10.2 Å². The number of piperazine rings is 1. The molecule has 0 radical (unpaired) electrons. The van der Waals surface area contributed by atoms with Gasteiger partial charge in [-0.25, -0.2) is 4.98 Å². The Balaban J connectivity index is 2.04. The van der Waals surface area contributed by atoms with Crippen molar-refractivity contribution in [1.29, 1.82) is 0 Å². The van der Waals surface area contributed by atoms with Crippen molar-refractivity contribution in [2.24, 2.45) is 0 Å². The topological polar surface area (TPSA) is 58.4 Å². The van der Waals surface area contributed by atoms with E-state index in [2.05, 4.69) is 39.2 Å². The van der Waals surface area contributed by atoms with Crippen LogP contribution in [0.5, 0.6) is 0 Å². The third-order valence-electron chi connectivity index (χ3n) is 3.23. The van der Waals surface area contributed by atoms with E-state index in [0.29, 0.717) is 12.1 Å². The number of hydrogen-bond acceptors (Lipinski definition) is 5. The van der Waals surface area contributed by atoms with Gasteiger partial charge in [0.15, 0.2) is 5.82 Å². The minimum atomic E-state index is 0.418. The Morgan fingerprint density at radius 2 is 2.29 bits per heavy atom. The summed E-state index contributed by atoms with van der Waals surface area (Å²) in [5, 5.41) is 11.5. The van der Waals surface area contributed by atoms with Crippen LogP contribution in [0.1, 0.15) is 13.8 Å². The van der Waals surface area contributed by atoms with Gasteiger partial charge in [0.25, 0.3) is 0 Å². The van der Waals surface area contributed by atoms with Crippen molar-refractivity contribution in [2.45, 2.75) is 25.9 Å². The molecule has 0 aromatic carbocycles. The quantitative estimate of drug-likeness (QED) is 0.767. The molecule has 3 rings (SSSR count). The molecule has 0 spiro atoms. The van der Waals surface area contributed by atoms with Crippen molar-refractivity contribution in [1.82, 2.24) is 24.9 Å². The van der Waals surface area contributed by atoms with Gasteiger partial charge >= 0.3 is 0 Å². The highest BCUT2D eigenvalue weighted by atomic mass is 15.3. The number of nitrogens with one attached hydrogen (secondary N) is 1. The summed E-state index contributed by atoms with van der Waals surface area (Å²) in [5.41, 5.74) is 0.827. The number of nitrogens with zero attached hydrogens (tertiary/aromatic N) is 5. The lowest BCUT2D eigenvalue weighted by Crippen LogP contribution is -2.54. The molecule has 1 fully saturated rings. The zero-order chi connectivity index (χ0) is 11.8. The maximum Gasteiger partial charge on any atom is 0.203 e.